The van der Waals surface area contributed by atoms with Gasteiger partial charge >= 0.3 is 12.3 Å². The Morgan fingerprint density at radius 1 is 1.19 bits per heavy atom. The van der Waals surface area contributed by atoms with Crippen molar-refractivity contribution >= 4 is 30.3 Å². The lowest BCUT2D eigenvalue weighted by atomic mass is 9.99. The largest absolute Gasteiger partial charge is 0.444 e. The Labute approximate surface area is 209 Å². The van der Waals surface area contributed by atoms with Gasteiger partial charge in [-0.15, -0.1) is 0 Å². The summed E-state index contributed by atoms with van der Waals surface area (Å²) in [7, 11) is 0. The van der Waals surface area contributed by atoms with Crippen LogP contribution >= 0.6 is 0 Å². The summed E-state index contributed by atoms with van der Waals surface area (Å²) in [6.07, 6.45) is -2.18. The molecule has 0 saturated carbocycles. The highest BCUT2D eigenvalue weighted by Gasteiger charge is 2.31. The number of rotatable bonds is 11. The minimum Gasteiger partial charge on any atom is -0.444 e. The van der Waals surface area contributed by atoms with Crippen LogP contribution in [-0.4, -0.2) is 54.3 Å². The first-order chi connectivity index (χ1) is 16.8. The van der Waals surface area contributed by atoms with Gasteiger partial charge in [-0.2, -0.15) is 13.2 Å². The number of hydrogen-bond donors (Lipinski definition) is 3. The van der Waals surface area contributed by atoms with Gasteiger partial charge in [0.25, 0.3) is 0 Å². The van der Waals surface area contributed by atoms with Gasteiger partial charge in [-0.25, -0.2) is 4.79 Å². The molecule has 1 aromatic carbocycles. The SMILES string of the molecule is CC(Nc1cccc(C(F)(F)F)c1)C(C#CC=N)C(=O)N(C=O)CCCCCNC(=O)OC(C)(C)C. The minimum atomic E-state index is -4.52. The Morgan fingerprint density at radius 2 is 1.89 bits per heavy atom. The first-order valence-corrected chi connectivity index (χ1v) is 11.4. The maximum Gasteiger partial charge on any atom is 0.416 e. The molecular formula is C25H33F3N4O4. The zero-order valence-electron chi connectivity index (χ0n) is 20.9. The fourth-order valence-corrected chi connectivity index (χ4v) is 3.15. The number of amides is 3. The predicted octanol–water partition coefficient (Wildman–Crippen LogP) is 4.45. The van der Waals surface area contributed by atoms with E-state index in [4.69, 9.17) is 10.1 Å². The number of ether oxygens (including phenoxy) is 1. The average molecular weight is 511 g/mol. The zero-order valence-corrected chi connectivity index (χ0v) is 20.9. The molecule has 0 aliphatic carbocycles. The number of imide groups is 1. The smallest absolute Gasteiger partial charge is 0.416 e. The Balaban J connectivity index is 2.71. The molecule has 36 heavy (non-hydrogen) atoms. The molecule has 0 aliphatic heterocycles. The molecule has 3 N–H and O–H groups in total. The van der Waals surface area contributed by atoms with Crippen LogP contribution in [0.25, 0.3) is 0 Å². The van der Waals surface area contributed by atoms with Crippen LogP contribution in [0.15, 0.2) is 24.3 Å². The number of alkyl carbamates (subject to hydrolysis) is 1. The number of nitrogens with one attached hydrogen (secondary N) is 3. The quantitative estimate of drug-likeness (QED) is 0.176. The van der Waals surface area contributed by atoms with Gasteiger partial charge < -0.3 is 15.4 Å². The fourth-order valence-electron chi connectivity index (χ4n) is 3.15. The number of hydrogen-bond acceptors (Lipinski definition) is 6. The molecule has 0 aliphatic rings. The molecule has 1 aromatic rings. The van der Waals surface area contributed by atoms with Gasteiger partial charge in [-0.3, -0.25) is 19.9 Å². The van der Waals surface area contributed by atoms with E-state index in [-0.39, 0.29) is 12.2 Å². The Morgan fingerprint density at radius 3 is 2.47 bits per heavy atom. The van der Waals surface area contributed by atoms with E-state index in [0.717, 1.165) is 23.2 Å². The minimum absolute atomic E-state index is 0.105. The molecular weight excluding hydrogens is 477 g/mol. The molecule has 198 valence electrons. The third kappa shape index (κ3) is 11.3. The summed E-state index contributed by atoms with van der Waals surface area (Å²) in [6.45, 7) is 7.31. The van der Waals surface area contributed by atoms with Crippen molar-refractivity contribution in [1.82, 2.24) is 10.2 Å². The van der Waals surface area contributed by atoms with Crippen molar-refractivity contribution in [3.05, 3.63) is 29.8 Å². The molecule has 11 heteroatoms. The molecule has 0 saturated heterocycles. The number of alkyl halides is 3. The second kappa shape index (κ2) is 14.1. The van der Waals surface area contributed by atoms with Crippen LogP contribution in [0.2, 0.25) is 0 Å². The molecule has 3 amide bonds. The van der Waals surface area contributed by atoms with Crippen molar-refractivity contribution in [2.24, 2.45) is 5.92 Å². The molecule has 2 unspecified atom stereocenters. The second-order valence-electron chi connectivity index (χ2n) is 9.05. The zero-order chi connectivity index (χ0) is 27.4. The third-order valence-corrected chi connectivity index (χ3v) is 4.82. The van der Waals surface area contributed by atoms with Gasteiger partial charge in [-0.1, -0.05) is 17.9 Å². The number of unbranched alkanes of at least 4 members (excludes halogenated alkanes) is 2. The van der Waals surface area contributed by atoms with Crippen LogP contribution in [0.1, 0.15) is 52.5 Å². The molecule has 0 aromatic heterocycles. The van der Waals surface area contributed by atoms with E-state index >= 15 is 0 Å². The normalized spacial score (nSPS) is 12.9. The monoisotopic (exact) mass is 510 g/mol. The molecule has 2 atom stereocenters. The Kier molecular flexibility index (Phi) is 12.0. The summed E-state index contributed by atoms with van der Waals surface area (Å²) in [6, 6.07) is 3.77. The number of benzene rings is 1. The van der Waals surface area contributed by atoms with Crippen molar-refractivity contribution < 1.29 is 32.3 Å². The van der Waals surface area contributed by atoms with Crippen LogP contribution in [0.5, 0.6) is 0 Å². The first kappa shape index (κ1) is 30.5. The molecule has 0 spiro atoms. The van der Waals surface area contributed by atoms with Gasteiger partial charge in [-0.05, 0) is 65.2 Å². The molecule has 8 nitrogen and oxygen atoms in total. The average Bonchev–Trinajstić information content (AvgIpc) is 2.77. The van der Waals surface area contributed by atoms with E-state index in [1.807, 2.05) is 0 Å². The summed E-state index contributed by atoms with van der Waals surface area (Å²) in [4.78, 5) is 37.2. The Hall–Kier alpha value is -3.55. The van der Waals surface area contributed by atoms with E-state index in [9.17, 15) is 27.6 Å². The van der Waals surface area contributed by atoms with E-state index in [1.54, 1.807) is 27.7 Å². The lowest BCUT2D eigenvalue weighted by Crippen LogP contribution is -2.42. The predicted molar refractivity (Wildman–Crippen MR) is 130 cm³/mol. The molecule has 0 radical (unpaired) electrons. The van der Waals surface area contributed by atoms with E-state index < -0.39 is 41.3 Å². The Bertz CT molecular complexity index is 965. The number of carbonyl (C=O) groups excluding carboxylic acids is 3. The number of halogens is 3. The molecule has 0 bridgehead atoms. The fraction of sp³-hybridized carbons (Fsp3) is 0.520. The van der Waals surface area contributed by atoms with Gasteiger partial charge in [0.1, 0.15) is 11.5 Å². The highest BCUT2D eigenvalue weighted by atomic mass is 19.4. The lowest BCUT2D eigenvalue weighted by Gasteiger charge is -2.25. The summed E-state index contributed by atoms with van der Waals surface area (Å²) >= 11 is 0. The molecule has 1 rings (SSSR count). The lowest BCUT2D eigenvalue weighted by molar-refractivity contribution is -0.140. The van der Waals surface area contributed by atoms with E-state index in [1.165, 1.54) is 12.1 Å². The molecule has 0 fully saturated rings. The third-order valence-electron chi connectivity index (χ3n) is 4.82. The standard InChI is InChI=1S/C25H33F3N4O4/c1-18(31-20-11-8-10-19(16-20)25(26,27)28)21(12-9-13-29)22(34)32(17-33)15-7-5-6-14-30-23(35)36-24(2,3)4/h8,10-11,13,16-18,21,29,31H,5-7,14-15H2,1-4H3,(H,30,35). The summed E-state index contributed by atoms with van der Waals surface area (Å²) in [5, 5.41) is 12.6. The maximum atomic E-state index is 13.0. The van der Waals surface area contributed by atoms with Gasteiger partial charge in [0, 0.05) is 24.8 Å². The van der Waals surface area contributed by atoms with Crippen molar-refractivity contribution in [2.75, 3.05) is 18.4 Å². The van der Waals surface area contributed by atoms with Crippen molar-refractivity contribution in [3.63, 3.8) is 0 Å². The number of anilines is 1. The highest BCUT2D eigenvalue weighted by Crippen LogP contribution is 2.31. The van der Waals surface area contributed by atoms with Crippen molar-refractivity contribution in [3.8, 4) is 11.8 Å². The first-order valence-electron chi connectivity index (χ1n) is 11.4. The second-order valence-corrected chi connectivity index (χ2v) is 9.05. The van der Waals surface area contributed by atoms with Crippen molar-refractivity contribution in [2.45, 2.75) is 64.8 Å². The number of carbonyl (C=O) groups is 3. The topological polar surface area (TPSA) is 112 Å². The maximum absolute atomic E-state index is 13.0. The van der Waals surface area contributed by atoms with Crippen molar-refractivity contribution in [1.29, 1.82) is 5.41 Å². The number of nitrogens with zero attached hydrogens (tertiary/aromatic N) is 1. The van der Waals surface area contributed by atoms with Gasteiger partial charge in [0.2, 0.25) is 12.3 Å². The highest BCUT2D eigenvalue weighted by molar-refractivity contribution is 5.91. The van der Waals surface area contributed by atoms with Crippen LogP contribution < -0.4 is 10.6 Å². The van der Waals surface area contributed by atoms with E-state index in [0.29, 0.717) is 32.2 Å². The van der Waals surface area contributed by atoms with Crippen LogP contribution in [0, 0.1) is 23.2 Å². The summed E-state index contributed by atoms with van der Waals surface area (Å²) < 4.78 is 44.2. The van der Waals surface area contributed by atoms with Crippen LogP contribution in [0.4, 0.5) is 23.7 Å². The van der Waals surface area contributed by atoms with Gasteiger partial charge in [0.05, 0.1) is 11.8 Å². The van der Waals surface area contributed by atoms with Gasteiger partial charge in [0.15, 0.2) is 0 Å². The van der Waals surface area contributed by atoms with E-state index in [2.05, 4.69) is 22.5 Å². The molecule has 0 heterocycles. The van der Waals surface area contributed by atoms with Crippen LogP contribution in [-0.2, 0) is 20.5 Å². The van der Waals surface area contributed by atoms with Crippen LogP contribution in [0.3, 0.4) is 0 Å². The summed E-state index contributed by atoms with van der Waals surface area (Å²) in [5.74, 6) is 3.27. The summed E-state index contributed by atoms with van der Waals surface area (Å²) in [5.41, 5.74) is -1.30.